The zero-order valence-corrected chi connectivity index (χ0v) is 9.87. The summed E-state index contributed by atoms with van der Waals surface area (Å²) in [6.07, 6.45) is 0.224. The van der Waals surface area contributed by atoms with Crippen LogP contribution in [0.15, 0.2) is 12.1 Å². The van der Waals surface area contributed by atoms with Crippen LogP contribution in [0.1, 0.15) is 30.0 Å². The molecule has 0 fully saturated rings. The second-order valence-corrected chi connectivity index (χ2v) is 3.86. The van der Waals surface area contributed by atoms with Gasteiger partial charge in [0.05, 0.1) is 7.11 Å². The smallest absolute Gasteiger partial charge is 0.303 e. The van der Waals surface area contributed by atoms with E-state index >= 15 is 0 Å². The lowest BCUT2D eigenvalue weighted by molar-refractivity contribution is -0.137. The van der Waals surface area contributed by atoms with Gasteiger partial charge in [-0.25, -0.2) is 4.39 Å². The molecule has 0 bridgehead atoms. The summed E-state index contributed by atoms with van der Waals surface area (Å²) in [6.45, 7) is 1.77. The van der Waals surface area contributed by atoms with E-state index in [9.17, 15) is 9.18 Å². The molecule has 0 saturated carbocycles. The summed E-state index contributed by atoms with van der Waals surface area (Å²) in [5.41, 5.74) is 7.18. The van der Waals surface area contributed by atoms with Crippen molar-refractivity contribution >= 4 is 5.97 Å². The largest absolute Gasteiger partial charge is 0.496 e. The Labute approximate surface area is 99.2 Å². The van der Waals surface area contributed by atoms with Gasteiger partial charge in [0.2, 0.25) is 0 Å². The van der Waals surface area contributed by atoms with Gasteiger partial charge in [0, 0.05) is 18.5 Å². The molecule has 0 radical (unpaired) electrons. The first-order valence-corrected chi connectivity index (χ1v) is 5.27. The summed E-state index contributed by atoms with van der Waals surface area (Å²) in [6, 6.07) is 2.10. The molecule has 17 heavy (non-hydrogen) atoms. The molecule has 0 aliphatic carbocycles. The second-order valence-electron chi connectivity index (χ2n) is 3.86. The number of methoxy groups -OCH3 is 1. The van der Waals surface area contributed by atoms with Crippen molar-refractivity contribution in [2.24, 2.45) is 5.73 Å². The van der Waals surface area contributed by atoms with Gasteiger partial charge >= 0.3 is 5.97 Å². The SMILES string of the molecule is COc1cc(F)cc(C(N)CCC(=O)O)c1C. The highest BCUT2D eigenvalue weighted by molar-refractivity contribution is 5.66. The highest BCUT2D eigenvalue weighted by Gasteiger charge is 2.15. The number of nitrogens with two attached hydrogens (primary N) is 1. The molecule has 1 unspecified atom stereocenters. The predicted octanol–water partition coefficient (Wildman–Crippen LogP) is 2.01. The Morgan fingerprint density at radius 3 is 2.76 bits per heavy atom. The topological polar surface area (TPSA) is 72.5 Å². The molecule has 1 aromatic rings. The van der Waals surface area contributed by atoms with Gasteiger partial charge in [-0.1, -0.05) is 0 Å². The Hall–Kier alpha value is -1.62. The molecular formula is C12H16FNO3. The molecule has 1 aromatic carbocycles. The zero-order valence-electron chi connectivity index (χ0n) is 9.87. The van der Waals surface area contributed by atoms with E-state index in [1.165, 1.54) is 19.2 Å². The van der Waals surface area contributed by atoms with Crippen LogP contribution >= 0.6 is 0 Å². The van der Waals surface area contributed by atoms with Crippen LogP contribution in [-0.2, 0) is 4.79 Å². The van der Waals surface area contributed by atoms with E-state index < -0.39 is 17.8 Å². The van der Waals surface area contributed by atoms with E-state index in [0.717, 1.165) is 5.56 Å². The molecule has 0 aromatic heterocycles. The van der Waals surface area contributed by atoms with E-state index in [4.69, 9.17) is 15.6 Å². The summed E-state index contributed by atoms with van der Waals surface area (Å²) in [5.74, 6) is -0.930. The maximum Gasteiger partial charge on any atom is 0.303 e. The first-order valence-electron chi connectivity index (χ1n) is 5.27. The third-order valence-electron chi connectivity index (χ3n) is 2.65. The van der Waals surface area contributed by atoms with Gasteiger partial charge < -0.3 is 15.6 Å². The number of benzene rings is 1. The minimum Gasteiger partial charge on any atom is -0.496 e. The van der Waals surface area contributed by atoms with Gasteiger partial charge in [-0.3, -0.25) is 4.79 Å². The van der Waals surface area contributed by atoms with Crippen molar-refractivity contribution in [3.8, 4) is 5.75 Å². The summed E-state index contributed by atoms with van der Waals surface area (Å²) < 4.78 is 18.3. The quantitative estimate of drug-likeness (QED) is 0.827. The first kappa shape index (κ1) is 13.4. The average Bonchev–Trinajstić information content (AvgIpc) is 2.28. The van der Waals surface area contributed by atoms with E-state index in [1.54, 1.807) is 6.92 Å². The van der Waals surface area contributed by atoms with Crippen molar-refractivity contribution in [1.29, 1.82) is 0 Å². The zero-order chi connectivity index (χ0) is 13.0. The number of hydrogen-bond donors (Lipinski definition) is 2. The van der Waals surface area contributed by atoms with Crippen molar-refractivity contribution in [3.63, 3.8) is 0 Å². The Kier molecular flexibility index (Phi) is 4.45. The van der Waals surface area contributed by atoms with E-state index in [0.29, 0.717) is 11.3 Å². The summed E-state index contributed by atoms with van der Waals surface area (Å²) in [4.78, 5) is 10.5. The van der Waals surface area contributed by atoms with Crippen molar-refractivity contribution < 1.29 is 19.0 Å². The van der Waals surface area contributed by atoms with E-state index in [-0.39, 0.29) is 12.8 Å². The molecule has 0 spiro atoms. The molecule has 94 valence electrons. The van der Waals surface area contributed by atoms with Crippen molar-refractivity contribution in [3.05, 3.63) is 29.1 Å². The third-order valence-corrected chi connectivity index (χ3v) is 2.65. The number of carboxylic acids is 1. The number of hydrogen-bond acceptors (Lipinski definition) is 3. The molecule has 5 heteroatoms. The lowest BCUT2D eigenvalue weighted by Gasteiger charge is -2.16. The summed E-state index contributed by atoms with van der Waals surface area (Å²) >= 11 is 0. The number of halogens is 1. The van der Waals surface area contributed by atoms with Gasteiger partial charge in [0.25, 0.3) is 0 Å². The lowest BCUT2D eigenvalue weighted by Crippen LogP contribution is -2.14. The van der Waals surface area contributed by atoms with Gasteiger partial charge in [-0.15, -0.1) is 0 Å². The Bertz CT molecular complexity index is 420. The second kappa shape index (κ2) is 5.63. The van der Waals surface area contributed by atoms with Crippen molar-refractivity contribution in [2.45, 2.75) is 25.8 Å². The molecule has 0 aliphatic rings. The highest BCUT2D eigenvalue weighted by atomic mass is 19.1. The van der Waals surface area contributed by atoms with Crippen LogP contribution in [-0.4, -0.2) is 18.2 Å². The first-order chi connectivity index (χ1) is 7.95. The molecule has 0 saturated heterocycles. The Morgan fingerprint density at radius 1 is 1.59 bits per heavy atom. The molecule has 0 amide bonds. The van der Waals surface area contributed by atoms with Crippen LogP contribution in [0.3, 0.4) is 0 Å². The van der Waals surface area contributed by atoms with Gasteiger partial charge in [-0.2, -0.15) is 0 Å². The normalized spacial score (nSPS) is 12.2. The third kappa shape index (κ3) is 3.42. The fraction of sp³-hybridized carbons (Fsp3) is 0.417. The Balaban J connectivity index is 2.96. The van der Waals surface area contributed by atoms with Crippen molar-refractivity contribution in [1.82, 2.24) is 0 Å². The molecular weight excluding hydrogens is 225 g/mol. The molecule has 1 rings (SSSR count). The predicted molar refractivity (Wildman–Crippen MR) is 61.5 cm³/mol. The molecule has 1 atom stereocenters. The molecule has 3 N–H and O–H groups in total. The lowest BCUT2D eigenvalue weighted by atomic mass is 9.97. The monoisotopic (exact) mass is 241 g/mol. The molecule has 0 heterocycles. The standard InChI is InChI=1S/C12H16FNO3/c1-7-9(10(14)3-4-12(15)16)5-8(13)6-11(7)17-2/h5-6,10H,3-4,14H2,1-2H3,(H,15,16). The minimum atomic E-state index is -0.915. The maximum absolute atomic E-state index is 13.3. The van der Waals surface area contributed by atoms with Gasteiger partial charge in [0.1, 0.15) is 11.6 Å². The maximum atomic E-state index is 13.3. The van der Waals surface area contributed by atoms with Crippen LogP contribution in [0.4, 0.5) is 4.39 Å². The number of rotatable bonds is 5. The van der Waals surface area contributed by atoms with E-state index in [2.05, 4.69) is 0 Å². The van der Waals surface area contributed by atoms with Crippen LogP contribution in [0.2, 0.25) is 0 Å². The van der Waals surface area contributed by atoms with Crippen molar-refractivity contribution in [2.75, 3.05) is 7.11 Å². The highest BCUT2D eigenvalue weighted by Crippen LogP contribution is 2.28. The fourth-order valence-electron chi connectivity index (χ4n) is 1.71. The minimum absolute atomic E-state index is 0.0422. The number of ether oxygens (including phenoxy) is 1. The molecule has 0 aliphatic heterocycles. The fourth-order valence-corrected chi connectivity index (χ4v) is 1.71. The number of carboxylic acid groups (broad SMARTS) is 1. The summed E-state index contributed by atoms with van der Waals surface area (Å²) in [7, 11) is 1.45. The number of aliphatic carboxylic acids is 1. The van der Waals surface area contributed by atoms with Gasteiger partial charge in [0.15, 0.2) is 0 Å². The number of carbonyl (C=O) groups is 1. The average molecular weight is 241 g/mol. The Morgan fingerprint density at radius 2 is 2.24 bits per heavy atom. The van der Waals surface area contributed by atoms with Gasteiger partial charge in [-0.05, 0) is 30.5 Å². The summed E-state index contributed by atoms with van der Waals surface area (Å²) in [5, 5.41) is 8.58. The van der Waals surface area contributed by atoms with E-state index in [1.807, 2.05) is 0 Å². The van der Waals surface area contributed by atoms with Crippen LogP contribution < -0.4 is 10.5 Å². The van der Waals surface area contributed by atoms with Crippen LogP contribution in [0.25, 0.3) is 0 Å². The van der Waals surface area contributed by atoms with Crippen LogP contribution in [0, 0.1) is 12.7 Å². The molecule has 4 nitrogen and oxygen atoms in total. The van der Waals surface area contributed by atoms with Crippen LogP contribution in [0.5, 0.6) is 5.75 Å².